The summed E-state index contributed by atoms with van der Waals surface area (Å²) in [5, 5.41) is 5.78. The molecule has 0 saturated heterocycles. The van der Waals surface area contributed by atoms with Crippen molar-refractivity contribution in [2.75, 3.05) is 17.7 Å². The van der Waals surface area contributed by atoms with Crippen LogP contribution in [0.15, 0.2) is 18.6 Å². The van der Waals surface area contributed by atoms with Gasteiger partial charge < -0.3 is 10.6 Å². The third kappa shape index (κ3) is 2.27. The molecule has 0 fully saturated rings. The summed E-state index contributed by atoms with van der Waals surface area (Å²) >= 11 is 1.49. The molecule has 0 aliphatic heterocycles. The van der Waals surface area contributed by atoms with Crippen LogP contribution in [0.5, 0.6) is 0 Å². The third-order valence-corrected chi connectivity index (χ3v) is 2.96. The zero-order chi connectivity index (χ0) is 10.8. The van der Waals surface area contributed by atoms with Crippen LogP contribution < -0.4 is 10.6 Å². The molecule has 2 aromatic heterocycles. The van der Waals surface area contributed by atoms with Gasteiger partial charge in [0.2, 0.25) is 0 Å². The average molecular weight is 223 g/mol. The van der Waals surface area contributed by atoms with E-state index < -0.39 is 0 Å². The third-order valence-electron chi connectivity index (χ3n) is 2.02. The lowest BCUT2D eigenvalue weighted by molar-refractivity contribution is 0.766. The van der Waals surface area contributed by atoms with Crippen molar-refractivity contribution in [1.29, 1.82) is 0 Å². The van der Waals surface area contributed by atoms with Crippen LogP contribution in [0.2, 0.25) is 0 Å². The molecule has 0 aliphatic rings. The minimum Gasteiger partial charge on any atom is -0.389 e. The number of aryl methyl sites for hydroxylation is 1. The summed E-state index contributed by atoms with van der Waals surface area (Å²) in [7, 11) is 3.90. The molecular weight excluding hydrogens is 210 g/mol. The van der Waals surface area contributed by atoms with Gasteiger partial charge in [0, 0.05) is 32.4 Å². The number of aromatic nitrogens is 3. The van der Waals surface area contributed by atoms with Crippen molar-refractivity contribution in [2.24, 2.45) is 7.05 Å². The Labute approximate surface area is 92.2 Å². The van der Waals surface area contributed by atoms with Gasteiger partial charge in [-0.3, -0.25) is 4.68 Å². The van der Waals surface area contributed by atoms with E-state index in [0.29, 0.717) is 0 Å². The lowest BCUT2D eigenvalue weighted by Crippen LogP contribution is -2.15. The number of nitrogen functional groups attached to an aromatic ring is 1. The van der Waals surface area contributed by atoms with Crippen LogP contribution in [-0.4, -0.2) is 21.8 Å². The van der Waals surface area contributed by atoms with E-state index in [4.69, 9.17) is 5.73 Å². The smallest absolute Gasteiger partial charge is 0.187 e. The van der Waals surface area contributed by atoms with Crippen LogP contribution in [0.4, 0.5) is 10.1 Å². The molecule has 0 saturated carbocycles. The molecule has 2 aromatic rings. The van der Waals surface area contributed by atoms with E-state index in [0.717, 1.165) is 22.2 Å². The van der Waals surface area contributed by atoms with Crippen molar-refractivity contribution in [2.45, 2.75) is 6.54 Å². The summed E-state index contributed by atoms with van der Waals surface area (Å²) in [6.45, 7) is 0.792. The van der Waals surface area contributed by atoms with E-state index in [1.807, 2.05) is 26.5 Å². The molecule has 0 aromatic carbocycles. The maximum Gasteiger partial charge on any atom is 0.187 e. The van der Waals surface area contributed by atoms with Crippen LogP contribution >= 0.6 is 11.3 Å². The van der Waals surface area contributed by atoms with Gasteiger partial charge in [0.25, 0.3) is 0 Å². The van der Waals surface area contributed by atoms with E-state index in [-0.39, 0.29) is 0 Å². The second kappa shape index (κ2) is 3.90. The second-order valence-corrected chi connectivity index (χ2v) is 4.46. The topological polar surface area (TPSA) is 60.0 Å². The molecule has 0 bridgehead atoms. The number of thiazole rings is 1. The number of nitrogens with zero attached hydrogens (tertiary/aromatic N) is 4. The van der Waals surface area contributed by atoms with Crippen LogP contribution in [0.25, 0.3) is 0 Å². The van der Waals surface area contributed by atoms with Gasteiger partial charge in [-0.15, -0.1) is 0 Å². The summed E-state index contributed by atoms with van der Waals surface area (Å²) in [4.78, 5) is 6.26. The van der Waals surface area contributed by atoms with E-state index in [2.05, 4.69) is 15.0 Å². The maximum absolute atomic E-state index is 5.63. The van der Waals surface area contributed by atoms with E-state index in [1.54, 1.807) is 10.9 Å². The highest BCUT2D eigenvalue weighted by molar-refractivity contribution is 7.19. The summed E-state index contributed by atoms with van der Waals surface area (Å²) in [6.07, 6.45) is 5.53. The first-order valence-electron chi connectivity index (χ1n) is 4.55. The fourth-order valence-corrected chi connectivity index (χ4v) is 1.99. The van der Waals surface area contributed by atoms with Gasteiger partial charge in [-0.2, -0.15) is 5.10 Å². The lowest BCUT2D eigenvalue weighted by atomic mass is 10.3. The molecular formula is C9H13N5S. The molecule has 2 N–H and O–H groups in total. The van der Waals surface area contributed by atoms with E-state index in [1.165, 1.54) is 11.3 Å². The minimum atomic E-state index is 0.739. The monoisotopic (exact) mass is 223 g/mol. The molecule has 0 aliphatic carbocycles. The number of anilines is 2. The average Bonchev–Trinajstić information content (AvgIpc) is 2.75. The molecule has 0 unspecified atom stereocenters. The second-order valence-electron chi connectivity index (χ2n) is 3.42. The molecule has 0 atom stereocenters. The normalized spacial score (nSPS) is 10.5. The first-order valence-corrected chi connectivity index (χ1v) is 5.37. The number of hydrogen-bond donors (Lipinski definition) is 1. The Kier molecular flexibility index (Phi) is 2.59. The molecule has 15 heavy (non-hydrogen) atoms. The highest BCUT2D eigenvalue weighted by atomic mass is 32.1. The standard InChI is InChI=1S/C9H13N5S/c1-13(9-11-4-8(10)15-9)5-7-3-12-14(2)6-7/h3-4,6H,5,10H2,1-2H3. The van der Waals surface area contributed by atoms with Crippen LogP contribution in [0.3, 0.4) is 0 Å². The summed E-state index contributed by atoms with van der Waals surface area (Å²) in [5.74, 6) is 0. The largest absolute Gasteiger partial charge is 0.389 e. The molecule has 2 heterocycles. The predicted molar refractivity (Wildman–Crippen MR) is 61.8 cm³/mol. The number of rotatable bonds is 3. The van der Waals surface area contributed by atoms with Gasteiger partial charge in [-0.25, -0.2) is 4.98 Å². The van der Waals surface area contributed by atoms with Crippen LogP contribution in [-0.2, 0) is 13.6 Å². The van der Waals surface area contributed by atoms with Crippen molar-refractivity contribution >= 4 is 21.5 Å². The first-order chi connectivity index (χ1) is 7.15. The van der Waals surface area contributed by atoms with E-state index >= 15 is 0 Å². The van der Waals surface area contributed by atoms with Crippen molar-refractivity contribution in [3.63, 3.8) is 0 Å². The SMILES string of the molecule is CN(Cc1cnn(C)c1)c1ncc(N)s1. The Morgan fingerprint density at radius 1 is 1.53 bits per heavy atom. The Morgan fingerprint density at radius 3 is 2.87 bits per heavy atom. The number of nitrogens with two attached hydrogens (primary N) is 1. The Balaban J connectivity index is 2.06. The predicted octanol–water partition coefficient (Wildman–Crippen LogP) is 1.10. The molecule has 0 amide bonds. The molecule has 5 nitrogen and oxygen atoms in total. The highest BCUT2D eigenvalue weighted by Crippen LogP contribution is 2.23. The summed E-state index contributed by atoms with van der Waals surface area (Å²) in [6, 6.07) is 0. The summed E-state index contributed by atoms with van der Waals surface area (Å²) in [5.41, 5.74) is 6.79. The highest BCUT2D eigenvalue weighted by Gasteiger charge is 2.07. The van der Waals surface area contributed by atoms with Crippen LogP contribution in [0, 0.1) is 0 Å². The van der Waals surface area contributed by atoms with Gasteiger partial charge in [0.05, 0.1) is 12.4 Å². The molecule has 2 rings (SSSR count). The number of hydrogen-bond acceptors (Lipinski definition) is 5. The first kappa shape index (κ1) is 9.97. The Bertz CT molecular complexity index is 447. The Hall–Kier alpha value is -1.56. The van der Waals surface area contributed by atoms with Crippen molar-refractivity contribution in [3.8, 4) is 0 Å². The minimum absolute atomic E-state index is 0.739. The van der Waals surface area contributed by atoms with Crippen molar-refractivity contribution in [3.05, 3.63) is 24.2 Å². The molecule has 0 spiro atoms. The van der Waals surface area contributed by atoms with Gasteiger partial charge >= 0.3 is 0 Å². The van der Waals surface area contributed by atoms with Gasteiger partial charge in [0.1, 0.15) is 5.00 Å². The summed E-state index contributed by atoms with van der Waals surface area (Å²) < 4.78 is 1.79. The quantitative estimate of drug-likeness (QED) is 0.846. The zero-order valence-electron chi connectivity index (χ0n) is 8.71. The van der Waals surface area contributed by atoms with Crippen molar-refractivity contribution in [1.82, 2.24) is 14.8 Å². The lowest BCUT2D eigenvalue weighted by Gasteiger charge is -2.13. The van der Waals surface area contributed by atoms with Gasteiger partial charge in [-0.1, -0.05) is 11.3 Å². The molecule has 6 heteroatoms. The Morgan fingerprint density at radius 2 is 2.33 bits per heavy atom. The van der Waals surface area contributed by atoms with E-state index in [9.17, 15) is 0 Å². The fraction of sp³-hybridized carbons (Fsp3) is 0.333. The molecule has 0 radical (unpaired) electrons. The van der Waals surface area contributed by atoms with Gasteiger partial charge in [-0.05, 0) is 0 Å². The molecule has 80 valence electrons. The zero-order valence-corrected chi connectivity index (χ0v) is 9.53. The van der Waals surface area contributed by atoms with Crippen LogP contribution in [0.1, 0.15) is 5.56 Å². The fourth-order valence-electron chi connectivity index (χ4n) is 1.35. The van der Waals surface area contributed by atoms with Gasteiger partial charge in [0.15, 0.2) is 5.13 Å². The maximum atomic E-state index is 5.63. The van der Waals surface area contributed by atoms with Crippen molar-refractivity contribution < 1.29 is 0 Å².